The molecule has 18 rings (SSSR count). The molecule has 33 nitrogen and oxygen atoms in total. The molecule has 0 unspecified atom stereocenters. The number of aliphatic hydroxyl groups excluding tert-OH is 1. The zero-order valence-electron chi connectivity index (χ0n) is 69.3. The Hall–Kier alpha value is -8.29. The van der Waals surface area contributed by atoms with Crippen LogP contribution in [0.15, 0.2) is 79.0 Å². The van der Waals surface area contributed by atoms with Gasteiger partial charge in [0.25, 0.3) is 5.91 Å². The number of rotatable bonds is 21. The van der Waals surface area contributed by atoms with Crippen molar-refractivity contribution in [1.82, 2.24) is 94.9 Å². The van der Waals surface area contributed by atoms with Crippen molar-refractivity contribution in [2.75, 3.05) is 12.9 Å². The van der Waals surface area contributed by atoms with Gasteiger partial charge in [-0.25, -0.2) is 53.1 Å². The summed E-state index contributed by atoms with van der Waals surface area (Å²) in [6, 6.07) is 7.45. The minimum absolute atomic E-state index is 0. The van der Waals surface area contributed by atoms with E-state index in [9.17, 15) is 42.6 Å². The van der Waals surface area contributed by atoms with Gasteiger partial charge < -0.3 is 43.7 Å². The van der Waals surface area contributed by atoms with Crippen LogP contribution < -0.4 is 62.7 Å². The van der Waals surface area contributed by atoms with Crippen LogP contribution in [-0.2, 0) is 102 Å². The Balaban J connectivity index is 0.000000172. The van der Waals surface area contributed by atoms with E-state index in [1.165, 1.54) is 74.6 Å². The molecule has 10 fully saturated rings. The largest absolute Gasteiger partial charge is 1.00 e. The third-order valence-corrected chi connectivity index (χ3v) is 26.5. The van der Waals surface area contributed by atoms with E-state index in [4.69, 9.17) is 32.2 Å². The van der Waals surface area contributed by atoms with E-state index in [-0.39, 0.29) is 107 Å². The number of carboxylic acids is 1. The summed E-state index contributed by atoms with van der Waals surface area (Å²) in [7, 11) is 4.52. The molecular formula is C84H120ClN22NaO11S. The number of halogens is 1. The predicted molar refractivity (Wildman–Crippen MR) is 447 cm³/mol. The molecule has 10 aliphatic rings. The molecule has 10 heterocycles. The van der Waals surface area contributed by atoms with E-state index < -0.39 is 32.3 Å². The first-order valence-electron chi connectivity index (χ1n) is 41.3. The van der Waals surface area contributed by atoms with Crippen LogP contribution >= 0.6 is 12.4 Å². The number of hydrogen-bond acceptors (Lipinski definition) is 24. The number of aliphatic hydroxyl groups is 1. The van der Waals surface area contributed by atoms with Gasteiger partial charge in [-0.3, -0.25) is 48.5 Å². The Labute approximate surface area is 730 Å². The summed E-state index contributed by atoms with van der Waals surface area (Å²) in [6.45, 7) is 0.0798. The van der Waals surface area contributed by atoms with Crippen molar-refractivity contribution in [3.05, 3.63) is 114 Å². The quantitative estimate of drug-likeness (QED) is 0.0204. The molecular weight excluding hydrogens is 1580 g/mol. The number of sulfone groups is 1. The number of hydrogen-bond donors (Lipinski definition) is 8. The summed E-state index contributed by atoms with van der Waals surface area (Å²) >= 11 is 0. The molecule has 8 saturated carbocycles. The van der Waals surface area contributed by atoms with Crippen LogP contribution in [0.25, 0.3) is 45.0 Å². The average Bonchev–Trinajstić information content (AvgIpc) is 1.64. The van der Waals surface area contributed by atoms with Crippen molar-refractivity contribution in [3.8, 4) is 45.0 Å². The van der Waals surface area contributed by atoms with Gasteiger partial charge in [-0.1, -0.05) is 7.43 Å². The molecule has 0 aromatic carbocycles. The van der Waals surface area contributed by atoms with Gasteiger partial charge in [0.1, 0.15) is 28.6 Å². The van der Waals surface area contributed by atoms with Gasteiger partial charge in [0.05, 0.1) is 59.6 Å². The maximum atomic E-state index is 12.2. The number of nitrogens with two attached hydrogens (primary N) is 3. The second kappa shape index (κ2) is 40.8. The summed E-state index contributed by atoms with van der Waals surface area (Å²) in [6.07, 6.45) is 45.8. The van der Waals surface area contributed by atoms with Crippen molar-refractivity contribution in [2.24, 2.45) is 92.2 Å². The molecule has 0 bridgehead atoms. The maximum Gasteiger partial charge on any atom is 1.00 e. The third kappa shape index (κ3) is 23.9. The van der Waals surface area contributed by atoms with Crippen molar-refractivity contribution in [2.45, 2.75) is 241 Å². The Kier molecular flexibility index (Phi) is 32.5. The molecule has 120 heavy (non-hydrogen) atoms. The Morgan fingerprint density at radius 2 is 0.825 bits per heavy atom. The van der Waals surface area contributed by atoms with Crippen LogP contribution in [0.3, 0.4) is 0 Å². The van der Waals surface area contributed by atoms with Gasteiger partial charge in [-0.2, -0.15) is 20.4 Å². The van der Waals surface area contributed by atoms with Gasteiger partial charge in [0.2, 0.25) is 26.8 Å². The summed E-state index contributed by atoms with van der Waals surface area (Å²) in [5.74, 6) is 5.82. The smallest absolute Gasteiger partial charge is 0.870 e. The minimum Gasteiger partial charge on any atom is -0.870 e. The van der Waals surface area contributed by atoms with Crippen molar-refractivity contribution in [1.29, 1.82) is 0 Å². The van der Waals surface area contributed by atoms with Gasteiger partial charge in [-0.15, -0.1) is 12.4 Å². The second-order valence-corrected chi connectivity index (χ2v) is 36.7. The zero-order valence-corrected chi connectivity index (χ0v) is 72.9. The molecule has 2 aliphatic heterocycles. The number of carbonyl (C=O) groups is 5. The van der Waals surface area contributed by atoms with E-state index in [0.717, 1.165) is 214 Å². The third-order valence-electron chi connectivity index (χ3n) is 25.6. The SMILES string of the molecule is C.Cl.Cn1ncc(-c2ccnc(CC3CCC(N)(C(=O)O)CC3)n2)c1CC1CC1.Cn1ncc(-c2ccnc(CC3CCC(N)(CO)CC3)n2)c1CC1CC1.Cn1ncc(-c2ccnc(CC3CCC4(CC3)CC(=O)NC4=O)n2)c1CC1CC1.Cn1ncc(-c2ccnc(S(C)(=O)=O)n2)c1CC1CC1.NC1CCC2(CC1)NC(=O)NC2=O.O.[Na+].[OH-]. The number of carboxylic acid groups (broad SMARTS) is 1. The van der Waals surface area contributed by atoms with Crippen LogP contribution in [0.1, 0.15) is 208 Å². The molecule has 2 spiro atoms. The standard InChI is InChI=1S/C22H27N5O2.C20H27N5O2.C20H29N5O.C13H16N4O2S.C8H13N3O2.CH4.ClH.Na.2H2O/c1-27-18(10-14-2-3-14)16(13-24-27)17-6-9-23-19(25-17)11-15-4-7-22(8-5-15)12-20(28)26-21(22)29;1-25-17(10-13-2-3-13)15(12-23-25)16-6-9-22-18(24-16)11-14-4-7-20(21,8-5-14)19(26)27;1-25-18(10-14-2-3-14)16(12-23-25)17-6-9-22-19(24-17)11-15-4-7-20(21,13-26)8-5-15;1-17-12(7-9-3-4-9)10(8-15-17)11-5-6-14-13(16-11)20(2,18)19;9-5-1-3-8(4-2-5)6(12)10-7(13)11-8;;;;;/h6,9,13-15H,2-5,7-8,10-12H2,1H3,(H,26,28,29);6,9,12-14H,2-5,7-8,10-11,21H2,1H3,(H,26,27);6,9,12,14-15,26H,2-5,7-8,10-11,13,21H2,1H3;5-6,8-9H,3-4,7H2,1-2H3;5H,1-4,9H2,(H2,10,11,12,13);1H4;1H;;2*1H2/q;;;;;;;+1;;/p-1. The number of amides is 5. The van der Waals surface area contributed by atoms with Crippen LogP contribution in [0, 0.1) is 46.8 Å². The normalized spacial score (nSPS) is 24.7. The topological polar surface area (TPSA) is 510 Å². The summed E-state index contributed by atoms with van der Waals surface area (Å²) in [5, 5.41) is 43.6. The monoisotopic (exact) mass is 1700 g/mol. The minimum atomic E-state index is -3.40. The number of nitrogens with one attached hydrogen (secondary N) is 3. The molecule has 14 N–H and O–H groups in total. The first-order chi connectivity index (χ1) is 55.1. The maximum absolute atomic E-state index is 12.2. The fourth-order valence-electron chi connectivity index (χ4n) is 17.2. The van der Waals surface area contributed by atoms with Gasteiger partial charge in [0.15, 0.2) is 0 Å². The van der Waals surface area contributed by atoms with Crippen LogP contribution in [0.2, 0.25) is 0 Å². The first-order valence-corrected chi connectivity index (χ1v) is 43.2. The van der Waals surface area contributed by atoms with Gasteiger partial charge >= 0.3 is 41.6 Å². The van der Waals surface area contributed by atoms with E-state index >= 15 is 0 Å². The predicted octanol–water partition coefficient (Wildman–Crippen LogP) is 4.95. The molecule has 8 aromatic heterocycles. The van der Waals surface area contributed by atoms with Gasteiger partial charge in [0, 0.05) is 142 Å². The summed E-state index contributed by atoms with van der Waals surface area (Å²) in [5.41, 5.74) is 28.0. The molecule has 8 aliphatic carbocycles. The van der Waals surface area contributed by atoms with Crippen molar-refractivity contribution < 1.29 is 83.1 Å². The van der Waals surface area contributed by atoms with Crippen molar-refractivity contribution >= 4 is 52.0 Å². The molecule has 5 amide bonds. The number of carbonyl (C=O) groups excluding carboxylic acids is 4. The average molecular weight is 1700 g/mol. The number of urea groups is 1. The Bertz CT molecular complexity index is 4950. The molecule has 2 saturated heterocycles. The molecule has 0 atom stereocenters. The summed E-state index contributed by atoms with van der Waals surface area (Å²) < 4.78 is 30.9. The molecule has 36 heteroatoms. The van der Waals surface area contributed by atoms with Crippen molar-refractivity contribution in [3.63, 3.8) is 0 Å². The Morgan fingerprint density at radius 3 is 1.13 bits per heavy atom. The van der Waals surface area contributed by atoms with E-state index in [2.05, 4.69) is 61.3 Å². The fraction of sp³-hybridized carbons (Fsp3) is 0.607. The fourth-order valence-corrected chi connectivity index (χ4v) is 17.7. The Morgan fingerprint density at radius 1 is 0.492 bits per heavy atom. The molecule has 646 valence electrons. The van der Waals surface area contributed by atoms with E-state index in [1.54, 1.807) is 12.3 Å². The van der Waals surface area contributed by atoms with E-state index in [0.29, 0.717) is 55.6 Å². The number of aryl methyl sites for hydroxylation is 4. The number of aliphatic carboxylic acids is 1. The van der Waals surface area contributed by atoms with Crippen LogP contribution in [0.4, 0.5) is 4.79 Å². The second-order valence-electron chi connectivity index (χ2n) is 34.8. The van der Waals surface area contributed by atoms with Crippen LogP contribution in [-0.4, -0.2) is 174 Å². The number of nitrogens with zero attached hydrogens (tertiary/aromatic N) is 16. The zero-order chi connectivity index (χ0) is 81.0. The van der Waals surface area contributed by atoms with E-state index in [1.807, 2.05) is 102 Å². The molecule has 8 aromatic rings. The molecule has 0 radical (unpaired) electrons. The number of imide groups is 2. The van der Waals surface area contributed by atoms with Gasteiger partial charge in [-0.05, 0) is 245 Å². The summed E-state index contributed by atoms with van der Waals surface area (Å²) in [4.78, 5) is 93.4. The first kappa shape index (κ1) is 95.5. The number of aromatic nitrogens is 16. The van der Waals surface area contributed by atoms with Crippen LogP contribution in [0.5, 0.6) is 0 Å².